The molecule has 1 unspecified atom stereocenters. The zero-order valence-corrected chi connectivity index (χ0v) is 39.4. The Labute approximate surface area is 375 Å². The molecular formula is C49H77N3O11. The van der Waals surface area contributed by atoms with Crippen molar-refractivity contribution >= 4 is 23.4 Å². The number of anilines is 1. The predicted octanol–water partition coefficient (Wildman–Crippen LogP) is 6.25. The van der Waals surface area contributed by atoms with Gasteiger partial charge in [0, 0.05) is 36.3 Å². The third-order valence-corrected chi connectivity index (χ3v) is 15.8. The molecule has 6 rings (SSSR count). The van der Waals surface area contributed by atoms with Gasteiger partial charge in [-0.1, -0.05) is 61.5 Å². The Morgan fingerprint density at radius 2 is 1.65 bits per heavy atom. The maximum atomic E-state index is 14.7. The van der Waals surface area contributed by atoms with Gasteiger partial charge in [0.05, 0.1) is 60.3 Å². The van der Waals surface area contributed by atoms with Crippen LogP contribution in [0.4, 0.5) is 5.82 Å². The Morgan fingerprint density at radius 3 is 2.30 bits per heavy atom. The van der Waals surface area contributed by atoms with Crippen LogP contribution in [0.15, 0.2) is 36.5 Å². The van der Waals surface area contributed by atoms with Crippen LogP contribution in [-0.4, -0.2) is 110 Å². The normalized spacial score (nSPS) is 40.5. The van der Waals surface area contributed by atoms with Crippen molar-refractivity contribution in [3.63, 3.8) is 0 Å². The van der Waals surface area contributed by atoms with Crippen LogP contribution < -0.4 is 10.6 Å². The smallest absolute Gasteiger partial charge is 0.244 e. The first-order valence-corrected chi connectivity index (χ1v) is 23.9. The number of aliphatic hydroxyl groups is 3. The predicted molar refractivity (Wildman–Crippen MR) is 237 cm³/mol. The van der Waals surface area contributed by atoms with Crippen LogP contribution in [0, 0.1) is 41.4 Å². The Bertz CT molecular complexity index is 1770. The zero-order valence-electron chi connectivity index (χ0n) is 39.4. The molecular weight excluding hydrogens is 807 g/mol. The van der Waals surface area contributed by atoms with E-state index >= 15 is 0 Å². The SMILES string of the molecule is CC[C@@H](C(=O)[C@@H](C)[C@@H](O)[C@H](C)[C@@H]1O[C@@H]([C@@H](CC)C(=O)NCC(=O)Nc2ccccn2)CCC1C)[C@H]1O[C@]2(C=C[C@@H](O)[C@]3(CC[C@@](C)([C@H]4CC[C@](O)(CC)[C@H](C)O4)O3)O2)[C@H](C)C[C@@H]1C. The van der Waals surface area contributed by atoms with E-state index in [4.69, 9.17) is 23.7 Å². The first kappa shape index (κ1) is 49.6. The molecule has 6 heterocycles. The fourth-order valence-electron chi connectivity index (χ4n) is 11.4. The maximum Gasteiger partial charge on any atom is 0.244 e. The van der Waals surface area contributed by atoms with Crippen LogP contribution in [0.1, 0.15) is 133 Å². The number of carbonyl (C=O) groups excluding carboxylic acids is 3. The van der Waals surface area contributed by atoms with Crippen LogP contribution in [0.5, 0.6) is 0 Å². The third kappa shape index (κ3) is 10.1. The van der Waals surface area contributed by atoms with Crippen LogP contribution >= 0.6 is 0 Å². The minimum atomic E-state index is -1.39. The van der Waals surface area contributed by atoms with Crippen molar-refractivity contribution in [1.29, 1.82) is 0 Å². The van der Waals surface area contributed by atoms with Crippen LogP contribution in [0.25, 0.3) is 0 Å². The van der Waals surface area contributed by atoms with Gasteiger partial charge in [0.15, 0.2) is 5.79 Å². The van der Waals surface area contributed by atoms with Crippen LogP contribution in [0.3, 0.4) is 0 Å². The van der Waals surface area contributed by atoms with Gasteiger partial charge in [-0.05, 0) is 108 Å². The number of aliphatic hydroxyl groups excluding tert-OH is 2. The topological polar surface area (TPSA) is 195 Å². The van der Waals surface area contributed by atoms with Crippen molar-refractivity contribution in [2.24, 2.45) is 41.4 Å². The van der Waals surface area contributed by atoms with E-state index in [0.717, 1.165) is 6.42 Å². The number of nitrogens with one attached hydrogen (secondary N) is 2. The second kappa shape index (κ2) is 20.0. The summed E-state index contributed by atoms with van der Waals surface area (Å²) >= 11 is 0. The van der Waals surface area contributed by atoms with Crippen LogP contribution in [-0.2, 0) is 38.1 Å². The summed E-state index contributed by atoms with van der Waals surface area (Å²) in [5, 5.41) is 40.0. The molecule has 4 saturated heterocycles. The fourth-order valence-corrected chi connectivity index (χ4v) is 11.4. The molecule has 5 aliphatic rings. The van der Waals surface area contributed by atoms with Gasteiger partial charge in [-0.15, -0.1) is 0 Å². The first-order chi connectivity index (χ1) is 29.8. The van der Waals surface area contributed by atoms with Gasteiger partial charge in [0.25, 0.3) is 0 Å². The van der Waals surface area contributed by atoms with Gasteiger partial charge in [-0.3, -0.25) is 14.4 Å². The average Bonchev–Trinajstić information content (AvgIpc) is 3.61. The first-order valence-electron chi connectivity index (χ1n) is 23.9. The summed E-state index contributed by atoms with van der Waals surface area (Å²) in [6, 6.07) is 5.19. The lowest BCUT2D eigenvalue weighted by atomic mass is 9.72. The lowest BCUT2D eigenvalue weighted by molar-refractivity contribution is -0.409. The molecule has 14 heteroatoms. The number of ether oxygens (including phenoxy) is 5. The minimum absolute atomic E-state index is 0.00837. The molecule has 2 amide bonds. The summed E-state index contributed by atoms with van der Waals surface area (Å²) in [5.74, 6) is -5.27. The number of amides is 2. The molecule has 0 radical (unpaired) electrons. The van der Waals surface area contributed by atoms with E-state index in [1.54, 1.807) is 43.5 Å². The molecule has 1 aromatic heterocycles. The van der Waals surface area contributed by atoms with E-state index in [1.807, 2.05) is 41.5 Å². The summed E-state index contributed by atoms with van der Waals surface area (Å²) < 4.78 is 33.9. The van der Waals surface area contributed by atoms with E-state index in [9.17, 15) is 29.7 Å². The maximum absolute atomic E-state index is 14.7. The molecule has 5 N–H and O–H groups in total. The summed E-state index contributed by atoms with van der Waals surface area (Å²) in [7, 11) is 0. The second-order valence-electron chi connectivity index (χ2n) is 20.1. The quantitative estimate of drug-likeness (QED) is 0.125. The Kier molecular flexibility index (Phi) is 15.7. The van der Waals surface area contributed by atoms with E-state index in [0.29, 0.717) is 63.6 Å². The fraction of sp³-hybridized carbons (Fsp3) is 0.796. The molecule has 0 bridgehead atoms. The van der Waals surface area contributed by atoms with E-state index in [-0.39, 0.29) is 54.1 Å². The Morgan fingerprint density at radius 1 is 0.921 bits per heavy atom. The molecule has 2 spiro atoms. The number of nitrogens with zero attached hydrogens (tertiary/aromatic N) is 1. The summed E-state index contributed by atoms with van der Waals surface area (Å²) in [4.78, 5) is 44.7. The Hall–Kier alpha value is -2.82. The average molecular weight is 884 g/mol. The van der Waals surface area contributed by atoms with Crippen molar-refractivity contribution < 1.29 is 53.4 Å². The van der Waals surface area contributed by atoms with E-state index in [2.05, 4.69) is 36.4 Å². The van der Waals surface area contributed by atoms with Crippen molar-refractivity contribution in [1.82, 2.24) is 10.3 Å². The monoisotopic (exact) mass is 884 g/mol. The Balaban J connectivity index is 1.10. The lowest BCUT2D eigenvalue weighted by Gasteiger charge is -2.54. The standard InChI is InChI=1S/C49H77N3O11/c1-11-34(45(57)51-27-40(54)52-39-16-14-15-25-50-39)36-18-17-28(4)43(60-36)32(8)41(55)31(7)42(56)35(12-2)44-29(5)26-30(6)48(61-44)22-19-37(53)49(63-48)24-23-46(10,62-49)38-20-21-47(58,13-3)33(9)59-38/h14-16,19,22,25,28-38,41,43-44,53,55,58H,11-13,17-18,20-21,23-24,26-27H2,1-10H3,(H,51,57)(H,50,52,54)/t28?,29-,30+,31-,32-,33-,34+,35-,36+,37+,38+,41+,43+,44-,46-,47+,48-,49-/m0/s1. The number of carbonyl (C=O) groups is 3. The van der Waals surface area contributed by atoms with Crippen molar-refractivity contribution in [2.45, 2.75) is 199 Å². The molecule has 0 aliphatic carbocycles. The lowest BCUT2D eigenvalue weighted by Crippen LogP contribution is -2.63. The summed E-state index contributed by atoms with van der Waals surface area (Å²) in [6.07, 6.45) is 6.91. The largest absolute Gasteiger partial charge is 0.392 e. The van der Waals surface area contributed by atoms with Gasteiger partial charge < -0.3 is 49.6 Å². The molecule has 0 saturated carbocycles. The molecule has 4 fully saturated rings. The van der Waals surface area contributed by atoms with Gasteiger partial charge in [0.1, 0.15) is 17.7 Å². The molecule has 1 aromatic rings. The van der Waals surface area contributed by atoms with Gasteiger partial charge >= 0.3 is 0 Å². The number of aromatic nitrogens is 1. The molecule has 5 aliphatic heterocycles. The highest BCUT2D eigenvalue weighted by atomic mass is 16.8. The third-order valence-electron chi connectivity index (χ3n) is 15.8. The molecule has 354 valence electrons. The molecule has 0 aromatic carbocycles. The molecule has 14 nitrogen and oxygen atoms in total. The minimum Gasteiger partial charge on any atom is -0.392 e. The molecule has 63 heavy (non-hydrogen) atoms. The number of hydrogen-bond donors (Lipinski definition) is 5. The van der Waals surface area contributed by atoms with Crippen molar-refractivity contribution in [2.75, 3.05) is 11.9 Å². The summed E-state index contributed by atoms with van der Waals surface area (Å²) in [6.45, 7) is 19.5. The summed E-state index contributed by atoms with van der Waals surface area (Å²) in [5.41, 5.74) is -1.66. The van der Waals surface area contributed by atoms with Gasteiger partial charge in [-0.25, -0.2) is 4.98 Å². The number of ketones is 1. The van der Waals surface area contributed by atoms with Gasteiger partial charge in [0.2, 0.25) is 17.6 Å². The van der Waals surface area contributed by atoms with E-state index < -0.39 is 77.0 Å². The number of Topliss-reactive ketones (excluding diaryl/α,β-unsaturated/α-hetero) is 1. The highest BCUT2D eigenvalue weighted by Crippen LogP contribution is 2.54. The van der Waals surface area contributed by atoms with Crippen molar-refractivity contribution in [3.8, 4) is 0 Å². The zero-order chi connectivity index (χ0) is 46.1. The number of hydrogen-bond acceptors (Lipinski definition) is 12. The number of rotatable bonds is 15. The number of pyridine rings is 1. The van der Waals surface area contributed by atoms with Crippen LogP contribution in [0.2, 0.25) is 0 Å². The van der Waals surface area contributed by atoms with Crippen molar-refractivity contribution in [3.05, 3.63) is 36.5 Å². The molecule has 18 atom stereocenters. The highest BCUT2D eigenvalue weighted by molar-refractivity contribution is 5.94. The van der Waals surface area contributed by atoms with E-state index in [1.165, 1.54) is 0 Å². The van der Waals surface area contributed by atoms with Gasteiger partial charge in [-0.2, -0.15) is 0 Å². The highest BCUT2D eigenvalue weighted by Gasteiger charge is 2.63. The second-order valence-corrected chi connectivity index (χ2v) is 20.1.